The Hall–Kier alpha value is -1.31. The maximum Gasteiger partial charge on any atom is 0.310 e. The molecule has 2 nitrogen and oxygen atoms in total. The van der Waals surface area contributed by atoms with E-state index < -0.39 is 0 Å². The number of ether oxygens (including phenoxy) is 1. The first-order chi connectivity index (χ1) is 9.50. The highest BCUT2D eigenvalue weighted by atomic mass is 16.5. The Morgan fingerprint density at radius 1 is 1.15 bits per heavy atom. The molecule has 0 bridgehead atoms. The topological polar surface area (TPSA) is 26.3 Å². The fourth-order valence-electron chi connectivity index (χ4n) is 2.23. The van der Waals surface area contributed by atoms with Crippen LogP contribution in [0, 0.1) is 19.8 Å². The molecule has 0 aliphatic carbocycles. The van der Waals surface area contributed by atoms with Gasteiger partial charge in [0.1, 0.15) is 0 Å². The normalized spacial score (nSPS) is 10.8. The van der Waals surface area contributed by atoms with E-state index in [9.17, 15) is 4.79 Å². The van der Waals surface area contributed by atoms with Crippen molar-refractivity contribution in [3.8, 4) is 0 Å². The second kappa shape index (κ2) is 8.78. The van der Waals surface area contributed by atoms with E-state index in [1.807, 2.05) is 12.1 Å². The molecule has 2 heteroatoms. The summed E-state index contributed by atoms with van der Waals surface area (Å²) in [5.41, 5.74) is 3.50. The summed E-state index contributed by atoms with van der Waals surface area (Å²) in [6.07, 6.45) is 5.00. The quantitative estimate of drug-likeness (QED) is 0.512. The molecule has 0 heterocycles. The van der Waals surface area contributed by atoms with Crippen LogP contribution in [0.3, 0.4) is 0 Å². The summed E-state index contributed by atoms with van der Waals surface area (Å²) >= 11 is 0. The minimum atomic E-state index is -0.109. The van der Waals surface area contributed by atoms with Crippen molar-refractivity contribution in [3.05, 3.63) is 34.9 Å². The molecule has 0 aliphatic rings. The van der Waals surface area contributed by atoms with Crippen LogP contribution >= 0.6 is 0 Å². The van der Waals surface area contributed by atoms with Gasteiger partial charge in [-0.05, 0) is 42.9 Å². The third-order valence-electron chi connectivity index (χ3n) is 3.74. The third-order valence-corrected chi connectivity index (χ3v) is 3.74. The van der Waals surface area contributed by atoms with E-state index in [2.05, 4.69) is 33.8 Å². The van der Waals surface area contributed by atoms with Gasteiger partial charge in [0.15, 0.2) is 0 Å². The first-order valence-electron chi connectivity index (χ1n) is 7.71. The van der Waals surface area contributed by atoms with Crippen LogP contribution in [0.15, 0.2) is 18.2 Å². The third kappa shape index (κ3) is 6.23. The van der Waals surface area contributed by atoms with E-state index in [0.29, 0.717) is 13.0 Å². The molecular weight excluding hydrogens is 248 g/mol. The highest BCUT2D eigenvalue weighted by Crippen LogP contribution is 2.14. The van der Waals surface area contributed by atoms with Crippen LogP contribution in [0.25, 0.3) is 0 Å². The van der Waals surface area contributed by atoms with Crippen molar-refractivity contribution in [2.24, 2.45) is 5.92 Å². The predicted octanol–water partition coefficient (Wildman–Crippen LogP) is 4.61. The number of aryl methyl sites for hydroxylation is 1. The minimum Gasteiger partial charge on any atom is -0.465 e. The van der Waals surface area contributed by atoms with Crippen LogP contribution in [0.4, 0.5) is 0 Å². The van der Waals surface area contributed by atoms with E-state index in [1.165, 1.54) is 24.0 Å². The van der Waals surface area contributed by atoms with Gasteiger partial charge < -0.3 is 4.74 Å². The van der Waals surface area contributed by atoms with E-state index >= 15 is 0 Å². The van der Waals surface area contributed by atoms with Crippen molar-refractivity contribution < 1.29 is 9.53 Å². The van der Waals surface area contributed by atoms with Gasteiger partial charge in [0.2, 0.25) is 0 Å². The van der Waals surface area contributed by atoms with Crippen LogP contribution in [-0.4, -0.2) is 12.6 Å². The maximum atomic E-state index is 11.8. The number of esters is 1. The Morgan fingerprint density at radius 2 is 1.90 bits per heavy atom. The van der Waals surface area contributed by atoms with Crippen molar-refractivity contribution >= 4 is 5.97 Å². The SMILES string of the molecule is Cc1cccc(CC(=O)OCCCCCC(C)C)c1C. The number of unbranched alkanes of at least 4 members (excludes halogenated alkanes) is 2. The minimum absolute atomic E-state index is 0.109. The standard InChI is InChI=1S/C18H28O2/c1-14(2)9-6-5-7-12-20-18(19)13-17-11-8-10-15(3)16(17)4/h8,10-11,14H,5-7,9,12-13H2,1-4H3. The highest BCUT2D eigenvalue weighted by Gasteiger charge is 2.08. The van der Waals surface area contributed by atoms with Gasteiger partial charge in [-0.2, -0.15) is 0 Å². The number of hydrogen-bond acceptors (Lipinski definition) is 2. The molecule has 0 saturated heterocycles. The number of rotatable bonds is 8. The largest absolute Gasteiger partial charge is 0.465 e. The Kier molecular flexibility index (Phi) is 7.35. The lowest BCUT2D eigenvalue weighted by Gasteiger charge is -2.09. The van der Waals surface area contributed by atoms with E-state index in [4.69, 9.17) is 4.74 Å². The van der Waals surface area contributed by atoms with Crippen molar-refractivity contribution in [1.29, 1.82) is 0 Å². The molecule has 0 unspecified atom stereocenters. The molecule has 1 rings (SSSR count). The summed E-state index contributed by atoms with van der Waals surface area (Å²) in [6.45, 7) is 9.17. The van der Waals surface area contributed by atoms with E-state index in [1.54, 1.807) is 0 Å². The lowest BCUT2D eigenvalue weighted by Crippen LogP contribution is -2.10. The smallest absolute Gasteiger partial charge is 0.310 e. The molecular formula is C18H28O2. The maximum absolute atomic E-state index is 11.8. The molecule has 0 aliphatic heterocycles. The first-order valence-corrected chi connectivity index (χ1v) is 7.71. The van der Waals surface area contributed by atoms with Crippen molar-refractivity contribution in [2.75, 3.05) is 6.61 Å². The lowest BCUT2D eigenvalue weighted by atomic mass is 10.0. The zero-order chi connectivity index (χ0) is 15.0. The number of carbonyl (C=O) groups is 1. The molecule has 0 fully saturated rings. The zero-order valence-electron chi connectivity index (χ0n) is 13.4. The fourth-order valence-corrected chi connectivity index (χ4v) is 2.23. The summed E-state index contributed by atoms with van der Waals surface area (Å²) < 4.78 is 5.31. The molecule has 20 heavy (non-hydrogen) atoms. The Balaban J connectivity index is 2.22. The molecule has 0 aromatic heterocycles. The van der Waals surface area contributed by atoms with Crippen molar-refractivity contribution in [3.63, 3.8) is 0 Å². The summed E-state index contributed by atoms with van der Waals surface area (Å²) in [5, 5.41) is 0. The van der Waals surface area contributed by atoms with Crippen molar-refractivity contribution in [2.45, 2.75) is 59.8 Å². The Labute approximate surface area is 123 Å². The van der Waals surface area contributed by atoms with Gasteiger partial charge in [0.05, 0.1) is 13.0 Å². The first kappa shape index (κ1) is 16.7. The zero-order valence-corrected chi connectivity index (χ0v) is 13.4. The molecule has 0 amide bonds. The van der Waals surface area contributed by atoms with Crippen LogP contribution in [0.1, 0.15) is 56.2 Å². The van der Waals surface area contributed by atoms with Gasteiger partial charge in [-0.3, -0.25) is 4.79 Å². The van der Waals surface area contributed by atoms with Gasteiger partial charge in [-0.1, -0.05) is 51.3 Å². The van der Waals surface area contributed by atoms with Gasteiger partial charge in [0.25, 0.3) is 0 Å². The predicted molar refractivity (Wildman–Crippen MR) is 83.9 cm³/mol. The van der Waals surface area contributed by atoms with Crippen LogP contribution in [-0.2, 0) is 16.0 Å². The molecule has 0 saturated carbocycles. The van der Waals surface area contributed by atoms with Crippen LogP contribution in [0.5, 0.6) is 0 Å². The molecule has 1 aromatic rings. The monoisotopic (exact) mass is 276 g/mol. The van der Waals surface area contributed by atoms with Crippen LogP contribution in [0.2, 0.25) is 0 Å². The molecule has 0 radical (unpaired) electrons. The van der Waals surface area contributed by atoms with Gasteiger partial charge in [0, 0.05) is 0 Å². The Bertz CT molecular complexity index is 421. The summed E-state index contributed by atoms with van der Waals surface area (Å²) in [7, 11) is 0. The average Bonchev–Trinajstić information content (AvgIpc) is 2.39. The second-order valence-corrected chi connectivity index (χ2v) is 6.00. The van der Waals surface area contributed by atoms with Crippen LogP contribution < -0.4 is 0 Å². The number of benzene rings is 1. The fraction of sp³-hybridized carbons (Fsp3) is 0.611. The number of carbonyl (C=O) groups excluding carboxylic acids is 1. The molecule has 0 spiro atoms. The van der Waals surface area contributed by atoms with Gasteiger partial charge >= 0.3 is 5.97 Å². The van der Waals surface area contributed by atoms with E-state index in [-0.39, 0.29) is 5.97 Å². The average molecular weight is 276 g/mol. The highest BCUT2D eigenvalue weighted by molar-refractivity contribution is 5.73. The summed E-state index contributed by atoms with van der Waals surface area (Å²) in [4.78, 5) is 11.8. The van der Waals surface area contributed by atoms with Gasteiger partial charge in [-0.15, -0.1) is 0 Å². The Morgan fingerprint density at radius 3 is 2.60 bits per heavy atom. The van der Waals surface area contributed by atoms with E-state index in [0.717, 1.165) is 24.3 Å². The summed E-state index contributed by atoms with van der Waals surface area (Å²) in [5.74, 6) is 0.657. The second-order valence-electron chi connectivity index (χ2n) is 6.00. The lowest BCUT2D eigenvalue weighted by molar-refractivity contribution is -0.142. The molecule has 112 valence electrons. The number of hydrogen-bond donors (Lipinski definition) is 0. The molecule has 1 aromatic carbocycles. The van der Waals surface area contributed by atoms with Crippen molar-refractivity contribution in [1.82, 2.24) is 0 Å². The molecule has 0 N–H and O–H groups in total. The van der Waals surface area contributed by atoms with Gasteiger partial charge in [-0.25, -0.2) is 0 Å². The molecule has 0 atom stereocenters. The summed E-state index contributed by atoms with van der Waals surface area (Å²) in [6, 6.07) is 6.07.